The number of nitrogens with one attached hydrogen (secondary N) is 2. The molecule has 0 heterocycles. The molecule has 0 aromatic heterocycles. The third-order valence-electron chi connectivity index (χ3n) is 5.07. The van der Waals surface area contributed by atoms with Crippen LogP contribution >= 0.6 is 0 Å². The molecule has 0 saturated heterocycles. The van der Waals surface area contributed by atoms with Gasteiger partial charge in [-0.15, -0.1) is 0 Å². The van der Waals surface area contributed by atoms with Crippen LogP contribution in [0.2, 0.25) is 0 Å². The fourth-order valence-electron chi connectivity index (χ4n) is 3.29. The van der Waals surface area contributed by atoms with Crippen LogP contribution in [0.15, 0.2) is 60.7 Å². The molecule has 0 radical (unpaired) electrons. The highest BCUT2D eigenvalue weighted by atomic mass is 16.3. The van der Waals surface area contributed by atoms with E-state index in [9.17, 15) is 19.5 Å². The van der Waals surface area contributed by atoms with E-state index < -0.39 is 35.9 Å². The second-order valence-corrected chi connectivity index (χ2v) is 7.49. The van der Waals surface area contributed by atoms with Crippen molar-refractivity contribution in [2.45, 2.75) is 57.2 Å². The van der Waals surface area contributed by atoms with Gasteiger partial charge >= 0.3 is 0 Å². The highest BCUT2D eigenvalue weighted by Gasteiger charge is 2.31. The highest BCUT2D eigenvalue weighted by molar-refractivity contribution is 5.95. The first-order chi connectivity index (χ1) is 14.9. The number of amides is 3. The molecule has 0 unspecified atom stereocenters. The number of carbonyl (C=O) groups is 3. The van der Waals surface area contributed by atoms with Gasteiger partial charge in [-0.25, -0.2) is 0 Å². The van der Waals surface area contributed by atoms with Crippen molar-refractivity contribution in [3.8, 4) is 0 Å². The van der Waals surface area contributed by atoms with Crippen LogP contribution in [0.3, 0.4) is 0 Å². The molecule has 7 heteroatoms. The summed E-state index contributed by atoms with van der Waals surface area (Å²) in [5.41, 5.74) is 6.41. The van der Waals surface area contributed by atoms with Gasteiger partial charge in [-0.3, -0.25) is 14.4 Å². The number of rotatable bonds is 12. The van der Waals surface area contributed by atoms with Gasteiger partial charge in [0.15, 0.2) is 6.10 Å². The fourth-order valence-corrected chi connectivity index (χ4v) is 3.29. The summed E-state index contributed by atoms with van der Waals surface area (Å²) >= 11 is 0. The lowest BCUT2D eigenvalue weighted by atomic mass is 9.99. The van der Waals surface area contributed by atoms with Gasteiger partial charge in [0.05, 0.1) is 6.04 Å². The molecule has 0 fully saturated rings. The quantitative estimate of drug-likeness (QED) is 0.390. The van der Waals surface area contributed by atoms with Crippen molar-refractivity contribution in [3.05, 3.63) is 71.8 Å². The van der Waals surface area contributed by atoms with E-state index in [1.54, 1.807) is 60.7 Å². The Labute approximate surface area is 183 Å². The molecule has 0 spiro atoms. The molecule has 0 aliphatic carbocycles. The van der Waals surface area contributed by atoms with Crippen LogP contribution in [-0.2, 0) is 9.59 Å². The largest absolute Gasteiger partial charge is 0.381 e. The number of benzene rings is 2. The van der Waals surface area contributed by atoms with E-state index in [0.29, 0.717) is 17.5 Å². The van der Waals surface area contributed by atoms with Crippen LogP contribution in [0.1, 0.15) is 61.0 Å². The molecule has 2 rings (SSSR count). The predicted molar refractivity (Wildman–Crippen MR) is 119 cm³/mol. The average Bonchev–Trinajstić information content (AvgIpc) is 2.79. The normalized spacial score (nSPS) is 13.6. The average molecular weight is 426 g/mol. The first kappa shape index (κ1) is 24.1. The van der Waals surface area contributed by atoms with Crippen molar-refractivity contribution in [2.75, 3.05) is 0 Å². The van der Waals surface area contributed by atoms with E-state index in [4.69, 9.17) is 5.73 Å². The molecule has 0 saturated carbocycles. The zero-order valence-corrected chi connectivity index (χ0v) is 17.8. The lowest BCUT2D eigenvalue weighted by Gasteiger charge is -2.26. The first-order valence-corrected chi connectivity index (χ1v) is 10.6. The Morgan fingerprint density at radius 1 is 0.903 bits per heavy atom. The molecule has 0 aliphatic heterocycles. The minimum atomic E-state index is -1.60. The Balaban J connectivity index is 2.13. The lowest BCUT2D eigenvalue weighted by Crippen LogP contribution is -2.51. The Bertz CT molecular complexity index is 842. The first-order valence-electron chi connectivity index (χ1n) is 10.6. The summed E-state index contributed by atoms with van der Waals surface area (Å²) in [6.45, 7) is 2.08. The number of hydrogen-bond donors (Lipinski definition) is 4. The summed E-state index contributed by atoms with van der Waals surface area (Å²) in [7, 11) is 0. The van der Waals surface area contributed by atoms with Gasteiger partial charge in [0.25, 0.3) is 11.8 Å². The molecule has 5 N–H and O–H groups in total. The maximum absolute atomic E-state index is 12.8. The zero-order chi connectivity index (χ0) is 22.6. The Hall–Kier alpha value is -3.19. The summed E-state index contributed by atoms with van der Waals surface area (Å²) in [6.07, 6.45) is 2.55. The van der Waals surface area contributed by atoms with Gasteiger partial charge in [-0.1, -0.05) is 81.1 Å². The van der Waals surface area contributed by atoms with Crippen molar-refractivity contribution in [2.24, 2.45) is 5.73 Å². The van der Waals surface area contributed by atoms with Crippen LogP contribution in [-0.4, -0.2) is 35.0 Å². The van der Waals surface area contributed by atoms with Crippen LogP contribution in [0, 0.1) is 0 Å². The lowest BCUT2D eigenvalue weighted by molar-refractivity contribution is -0.134. The van der Waals surface area contributed by atoms with E-state index >= 15 is 0 Å². The number of aliphatic hydroxyl groups excluding tert-OH is 1. The Morgan fingerprint density at radius 3 is 2.10 bits per heavy atom. The minimum absolute atomic E-state index is 0.403. The van der Waals surface area contributed by atoms with E-state index in [2.05, 4.69) is 17.6 Å². The molecule has 2 aromatic rings. The van der Waals surface area contributed by atoms with Crippen molar-refractivity contribution in [1.82, 2.24) is 10.6 Å². The molecule has 2 aromatic carbocycles. The Kier molecular flexibility index (Phi) is 9.71. The van der Waals surface area contributed by atoms with Gasteiger partial charge in [-0.05, 0) is 24.1 Å². The number of primary amides is 1. The molecular weight excluding hydrogens is 394 g/mol. The standard InChI is InChI=1S/C24H31N3O4/c1-2-3-4-11-16-19(22(25)29)26-24(31)21(28)20(17-12-7-5-8-13-17)27-23(30)18-14-9-6-10-15-18/h5-10,12-15,19-21,28H,2-4,11,16H2,1H3,(H2,25,29)(H,26,31)(H,27,30)/t19-,20+,21-/m1/s1. The molecule has 0 aliphatic rings. The van der Waals surface area contributed by atoms with Crippen molar-refractivity contribution >= 4 is 17.7 Å². The van der Waals surface area contributed by atoms with Crippen molar-refractivity contribution in [1.29, 1.82) is 0 Å². The van der Waals surface area contributed by atoms with Crippen LogP contribution in [0.25, 0.3) is 0 Å². The Morgan fingerprint density at radius 2 is 1.52 bits per heavy atom. The van der Waals surface area contributed by atoms with Gasteiger partial charge in [0.1, 0.15) is 6.04 Å². The maximum Gasteiger partial charge on any atom is 0.252 e. The van der Waals surface area contributed by atoms with Gasteiger partial charge in [0.2, 0.25) is 5.91 Å². The third kappa shape index (κ3) is 7.53. The highest BCUT2D eigenvalue weighted by Crippen LogP contribution is 2.19. The number of unbranched alkanes of at least 4 members (excludes halogenated alkanes) is 3. The summed E-state index contributed by atoms with van der Waals surface area (Å²) in [6, 6.07) is 15.4. The van der Waals surface area contributed by atoms with E-state index in [-0.39, 0.29) is 0 Å². The van der Waals surface area contributed by atoms with E-state index in [1.807, 2.05) is 0 Å². The van der Waals surface area contributed by atoms with Gasteiger partial charge in [0, 0.05) is 5.56 Å². The number of hydrogen-bond acceptors (Lipinski definition) is 4. The van der Waals surface area contributed by atoms with E-state index in [1.165, 1.54) is 0 Å². The fraction of sp³-hybridized carbons (Fsp3) is 0.375. The van der Waals surface area contributed by atoms with Crippen molar-refractivity contribution in [3.63, 3.8) is 0 Å². The minimum Gasteiger partial charge on any atom is -0.381 e. The number of aliphatic hydroxyl groups is 1. The second kappa shape index (κ2) is 12.5. The summed E-state index contributed by atoms with van der Waals surface area (Å²) in [5.74, 6) is -1.84. The molecule has 3 amide bonds. The molecule has 166 valence electrons. The predicted octanol–water partition coefficient (Wildman–Crippen LogP) is 2.46. The summed E-state index contributed by atoms with van der Waals surface area (Å²) < 4.78 is 0. The van der Waals surface area contributed by atoms with Gasteiger partial charge in [-0.2, -0.15) is 0 Å². The SMILES string of the molecule is CCCCCC[C@@H](NC(=O)[C@H](O)[C@@H](NC(=O)c1ccccc1)c1ccccc1)C(N)=O. The smallest absolute Gasteiger partial charge is 0.252 e. The molecular formula is C24H31N3O4. The zero-order valence-electron chi connectivity index (χ0n) is 17.8. The van der Waals surface area contributed by atoms with Gasteiger partial charge < -0.3 is 21.5 Å². The van der Waals surface area contributed by atoms with E-state index in [0.717, 1.165) is 25.7 Å². The second-order valence-electron chi connectivity index (χ2n) is 7.49. The maximum atomic E-state index is 12.8. The van der Waals surface area contributed by atoms with Crippen LogP contribution in [0.5, 0.6) is 0 Å². The number of nitrogens with two attached hydrogens (primary N) is 1. The summed E-state index contributed by atoms with van der Waals surface area (Å²) in [4.78, 5) is 37.2. The molecule has 0 bridgehead atoms. The molecule has 7 nitrogen and oxygen atoms in total. The molecule has 3 atom stereocenters. The third-order valence-corrected chi connectivity index (χ3v) is 5.07. The van der Waals surface area contributed by atoms with Crippen LogP contribution in [0.4, 0.5) is 0 Å². The topological polar surface area (TPSA) is 122 Å². The molecule has 31 heavy (non-hydrogen) atoms. The van der Waals surface area contributed by atoms with Crippen LogP contribution < -0.4 is 16.4 Å². The summed E-state index contributed by atoms with van der Waals surface area (Å²) in [5, 5.41) is 16.1. The van der Waals surface area contributed by atoms with Crippen molar-refractivity contribution < 1.29 is 19.5 Å². The number of carbonyl (C=O) groups excluding carboxylic acids is 3. The monoisotopic (exact) mass is 425 g/mol.